The SMILES string of the molecule is CCCC[P](c1ccccc1)(c1ccccc1)c1ccccc1. The van der Waals surface area contributed by atoms with Crippen LogP contribution in [0.4, 0.5) is 0 Å². The van der Waals surface area contributed by atoms with Crippen molar-refractivity contribution in [3.05, 3.63) is 91.0 Å². The summed E-state index contributed by atoms with van der Waals surface area (Å²) in [4.78, 5) is 0. The molecule has 0 heterocycles. The third-order valence-electron chi connectivity index (χ3n) is 4.44. The van der Waals surface area contributed by atoms with Gasteiger partial charge in [-0.15, -0.1) is 0 Å². The molecule has 3 aromatic rings. The van der Waals surface area contributed by atoms with E-state index >= 15 is 0 Å². The lowest BCUT2D eigenvalue weighted by molar-refractivity contribution is 0.891. The van der Waals surface area contributed by atoms with Crippen molar-refractivity contribution in [3.63, 3.8) is 0 Å². The van der Waals surface area contributed by atoms with Gasteiger partial charge >= 0.3 is 0 Å². The summed E-state index contributed by atoms with van der Waals surface area (Å²) in [6.07, 6.45) is 3.72. The van der Waals surface area contributed by atoms with Gasteiger partial charge in [-0.3, -0.25) is 0 Å². The maximum atomic E-state index is 2.32. The Balaban J connectivity index is 2.25. The van der Waals surface area contributed by atoms with Crippen molar-refractivity contribution < 1.29 is 0 Å². The van der Waals surface area contributed by atoms with Gasteiger partial charge in [0.1, 0.15) is 0 Å². The van der Waals surface area contributed by atoms with Crippen LogP contribution in [0.2, 0.25) is 0 Å². The molecule has 0 aliphatic rings. The highest BCUT2D eigenvalue weighted by Crippen LogP contribution is 2.55. The standard InChI is InChI=1S/C22H24P/c1-2-3-19-23(20-13-7-4-8-14-20,21-15-9-5-10-16-21)22-17-11-6-12-18-22/h4-18H,2-3,19H2,1H3. The van der Waals surface area contributed by atoms with E-state index in [4.69, 9.17) is 0 Å². The maximum absolute atomic E-state index is 2.32. The van der Waals surface area contributed by atoms with Crippen LogP contribution in [0.5, 0.6) is 0 Å². The van der Waals surface area contributed by atoms with Crippen molar-refractivity contribution in [3.8, 4) is 0 Å². The lowest BCUT2D eigenvalue weighted by Crippen LogP contribution is -2.33. The van der Waals surface area contributed by atoms with E-state index < -0.39 is 7.26 Å². The molecule has 0 fully saturated rings. The predicted octanol–water partition coefficient (Wildman–Crippen LogP) is 4.78. The molecule has 3 rings (SSSR count). The molecule has 0 spiro atoms. The summed E-state index contributed by atoms with van der Waals surface area (Å²) in [7, 11) is -1.57. The first-order valence-corrected chi connectivity index (χ1v) is 10.4. The summed E-state index contributed by atoms with van der Waals surface area (Å²) < 4.78 is 0. The number of rotatable bonds is 6. The van der Waals surface area contributed by atoms with Crippen LogP contribution >= 0.6 is 7.26 Å². The number of unbranched alkanes of at least 4 members (excludes halogenated alkanes) is 1. The molecule has 0 aromatic heterocycles. The minimum atomic E-state index is -1.57. The van der Waals surface area contributed by atoms with Gasteiger partial charge in [-0.1, -0.05) is 104 Å². The van der Waals surface area contributed by atoms with Crippen LogP contribution in [0.3, 0.4) is 0 Å². The van der Waals surface area contributed by atoms with Crippen LogP contribution < -0.4 is 15.9 Å². The first-order chi connectivity index (χ1) is 11.4. The van der Waals surface area contributed by atoms with Gasteiger partial charge in [0.05, 0.1) is 0 Å². The van der Waals surface area contributed by atoms with E-state index in [9.17, 15) is 0 Å². The summed E-state index contributed by atoms with van der Waals surface area (Å²) in [5.41, 5.74) is 0. The quantitative estimate of drug-likeness (QED) is 0.574. The molecule has 1 heteroatoms. The monoisotopic (exact) mass is 319 g/mol. The van der Waals surface area contributed by atoms with Crippen molar-refractivity contribution in [1.29, 1.82) is 0 Å². The Labute approximate surface area is 140 Å². The molecule has 0 N–H and O–H groups in total. The Morgan fingerprint density at radius 2 is 0.913 bits per heavy atom. The van der Waals surface area contributed by atoms with Gasteiger partial charge in [-0.05, 0) is 35.8 Å². The average molecular weight is 319 g/mol. The smallest absolute Gasteiger partial charge is 0.0196 e. The maximum Gasteiger partial charge on any atom is -0.0196 e. The molecule has 0 amide bonds. The van der Waals surface area contributed by atoms with Crippen molar-refractivity contribution in [2.24, 2.45) is 0 Å². The zero-order valence-corrected chi connectivity index (χ0v) is 14.6. The highest BCUT2D eigenvalue weighted by atomic mass is 31.2. The molecule has 0 aliphatic heterocycles. The summed E-state index contributed by atoms with van der Waals surface area (Å²) in [6.45, 7) is 2.29. The lowest BCUT2D eigenvalue weighted by Gasteiger charge is -2.38. The van der Waals surface area contributed by atoms with Crippen molar-refractivity contribution in [2.45, 2.75) is 19.8 Å². The zero-order valence-electron chi connectivity index (χ0n) is 13.7. The van der Waals surface area contributed by atoms with Gasteiger partial charge in [0.25, 0.3) is 0 Å². The van der Waals surface area contributed by atoms with E-state index in [0.29, 0.717) is 0 Å². The molecular formula is C22H24P. The van der Waals surface area contributed by atoms with Crippen LogP contribution in [0.25, 0.3) is 0 Å². The summed E-state index contributed by atoms with van der Waals surface area (Å²) in [5.74, 6) is 0. The van der Waals surface area contributed by atoms with Crippen LogP contribution in [0.1, 0.15) is 19.8 Å². The van der Waals surface area contributed by atoms with E-state index in [-0.39, 0.29) is 0 Å². The number of benzene rings is 3. The van der Waals surface area contributed by atoms with E-state index in [1.165, 1.54) is 34.9 Å². The van der Waals surface area contributed by atoms with Gasteiger partial charge in [0, 0.05) is 0 Å². The molecule has 0 unspecified atom stereocenters. The fraction of sp³-hybridized carbons (Fsp3) is 0.182. The van der Waals surface area contributed by atoms with Gasteiger partial charge < -0.3 is 0 Å². The van der Waals surface area contributed by atoms with Crippen LogP contribution in [-0.4, -0.2) is 6.16 Å². The molecule has 0 saturated carbocycles. The van der Waals surface area contributed by atoms with Crippen molar-refractivity contribution >= 4 is 23.2 Å². The highest BCUT2D eigenvalue weighted by Gasteiger charge is 2.32. The van der Waals surface area contributed by atoms with E-state index in [1.807, 2.05) is 0 Å². The van der Waals surface area contributed by atoms with E-state index in [0.717, 1.165) is 0 Å². The molecule has 0 aliphatic carbocycles. The average Bonchev–Trinajstić information content (AvgIpc) is 2.65. The molecule has 3 aromatic carbocycles. The third kappa shape index (κ3) is 3.23. The second-order valence-corrected chi connectivity index (χ2v) is 9.51. The summed E-state index contributed by atoms with van der Waals surface area (Å²) >= 11 is 0. The van der Waals surface area contributed by atoms with Gasteiger partial charge in [0.2, 0.25) is 0 Å². The minimum Gasteiger partial charge on any atom is -0.0654 e. The highest BCUT2D eigenvalue weighted by molar-refractivity contribution is 7.95. The summed E-state index contributed by atoms with van der Waals surface area (Å²) in [5, 5.41) is 4.47. The molecule has 0 saturated heterocycles. The molecule has 23 heavy (non-hydrogen) atoms. The Morgan fingerprint density at radius 1 is 0.565 bits per heavy atom. The molecule has 0 bridgehead atoms. The van der Waals surface area contributed by atoms with Gasteiger partial charge in [-0.2, -0.15) is 0 Å². The normalized spacial score (nSPS) is 11.3. The van der Waals surface area contributed by atoms with E-state index in [1.54, 1.807) is 0 Å². The molecule has 117 valence electrons. The topological polar surface area (TPSA) is 0 Å². The fourth-order valence-electron chi connectivity index (χ4n) is 3.28. The molecular weight excluding hydrogens is 295 g/mol. The zero-order chi connectivity index (χ0) is 16.0. The Bertz CT molecular complexity index is 608. The van der Waals surface area contributed by atoms with Gasteiger partial charge in [-0.25, -0.2) is 0 Å². The van der Waals surface area contributed by atoms with Crippen LogP contribution in [0.15, 0.2) is 91.0 Å². The molecule has 1 radical (unpaired) electrons. The van der Waals surface area contributed by atoms with Crippen molar-refractivity contribution in [1.82, 2.24) is 0 Å². The van der Waals surface area contributed by atoms with Crippen LogP contribution in [-0.2, 0) is 0 Å². The van der Waals surface area contributed by atoms with E-state index in [2.05, 4.69) is 97.9 Å². The largest absolute Gasteiger partial charge is 0.0654 e. The van der Waals surface area contributed by atoms with Crippen molar-refractivity contribution in [2.75, 3.05) is 6.16 Å². The predicted molar refractivity (Wildman–Crippen MR) is 105 cm³/mol. The molecule has 0 atom stereocenters. The fourth-order valence-corrected chi connectivity index (χ4v) is 7.78. The Morgan fingerprint density at radius 3 is 1.22 bits per heavy atom. The third-order valence-corrected chi connectivity index (χ3v) is 8.96. The number of hydrogen-bond acceptors (Lipinski definition) is 0. The second kappa shape index (κ2) is 7.57. The van der Waals surface area contributed by atoms with Crippen LogP contribution in [0, 0.1) is 0 Å². The Hall–Kier alpha value is -1.91. The minimum absolute atomic E-state index is 1.23. The summed E-state index contributed by atoms with van der Waals surface area (Å²) in [6, 6.07) is 33.4. The first-order valence-electron chi connectivity index (χ1n) is 8.43. The first kappa shape index (κ1) is 16.0. The molecule has 0 nitrogen and oxygen atoms in total. The number of hydrogen-bond donors (Lipinski definition) is 0. The second-order valence-electron chi connectivity index (χ2n) is 5.89. The lowest BCUT2D eigenvalue weighted by atomic mass is 10.3. The Kier molecular flexibility index (Phi) is 5.26. The van der Waals surface area contributed by atoms with Gasteiger partial charge in [0.15, 0.2) is 0 Å².